The summed E-state index contributed by atoms with van der Waals surface area (Å²) in [6.45, 7) is 5.01. The number of carbonyl (C=O) groups is 1. The lowest BCUT2D eigenvalue weighted by Crippen LogP contribution is -2.25. The third-order valence-corrected chi connectivity index (χ3v) is 1.36. The molecule has 0 aliphatic rings. The van der Waals surface area contributed by atoms with E-state index >= 15 is 0 Å². The molecule has 5 nitrogen and oxygen atoms in total. The van der Waals surface area contributed by atoms with E-state index in [1.54, 1.807) is 6.92 Å². The summed E-state index contributed by atoms with van der Waals surface area (Å²) in [6, 6.07) is 0. The van der Waals surface area contributed by atoms with Gasteiger partial charge in [0.1, 0.15) is 6.61 Å². The van der Waals surface area contributed by atoms with Gasteiger partial charge in [-0.25, -0.2) is 4.79 Å². The SMILES string of the molecule is C=C(C)C(=O)OCC(OC)OCCO. The van der Waals surface area contributed by atoms with Crippen LogP contribution in [0.25, 0.3) is 0 Å². The van der Waals surface area contributed by atoms with Crippen molar-refractivity contribution in [1.29, 1.82) is 0 Å². The van der Waals surface area contributed by atoms with Gasteiger partial charge in [0.05, 0.1) is 13.2 Å². The average Bonchev–Trinajstić information content (AvgIpc) is 2.17. The van der Waals surface area contributed by atoms with Crippen LogP contribution < -0.4 is 0 Å². The van der Waals surface area contributed by atoms with Crippen LogP contribution in [0.2, 0.25) is 0 Å². The number of ether oxygens (including phenoxy) is 3. The fraction of sp³-hybridized carbons (Fsp3) is 0.667. The molecule has 14 heavy (non-hydrogen) atoms. The van der Waals surface area contributed by atoms with Gasteiger partial charge in [0, 0.05) is 12.7 Å². The van der Waals surface area contributed by atoms with Crippen LogP contribution in [0.1, 0.15) is 6.92 Å². The van der Waals surface area contributed by atoms with Gasteiger partial charge >= 0.3 is 5.97 Å². The van der Waals surface area contributed by atoms with Gasteiger partial charge in [0.25, 0.3) is 0 Å². The summed E-state index contributed by atoms with van der Waals surface area (Å²) in [5.74, 6) is -0.486. The van der Waals surface area contributed by atoms with E-state index in [0.29, 0.717) is 5.57 Å². The molecule has 0 aliphatic heterocycles. The van der Waals surface area contributed by atoms with Crippen molar-refractivity contribution in [2.24, 2.45) is 0 Å². The highest BCUT2D eigenvalue weighted by molar-refractivity contribution is 5.86. The molecule has 0 aliphatic carbocycles. The number of methoxy groups -OCH3 is 1. The first-order valence-electron chi connectivity index (χ1n) is 4.19. The van der Waals surface area contributed by atoms with Crippen molar-refractivity contribution in [3.05, 3.63) is 12.2 Å². The lowest BCUT2D eigenvalue weighted by molar-refractivity contribution is -0.173. The molecule has 0 saturated heterocycles. The summed E-state index contributed by atoms with van der Waals surface area (Å²) in [7, 11) is 1.43. The Morgan fingerprint density at radius 2 is 2.21 bits per heavy atom. The minimum Gasteiger partial charge on any atom is -0.457 e. The summed E-state index contributed by atoms with van der Waals surface area (Å²) < 4.78 is 14.6. The lowest BCUT2D eigenvalue weighted by atomic mass is 10.4. The van der Waals surface area contributed by atoms with E-state index in [2.05, 4.69) is 6.58 Å². The van der Waals surface area contributed by atoms with Gasteiger partial charge in [-0.05, 0) is 6.92 Å². The van der Waals surface area contributed by atoms with Gasteiger partial charge in [0.15, 0.2) is 6.29 Å². The molecule has 0 saturated carbocycles. The summed E-state index contributed by atoms with van der Waals surface area (Å²) in [4.78, 5) is 11.0. The normalized spacial score (nSPS) is 12.2. The first kappa shape index (κ1) is 13.1. The molecule has 1 atom stereocenters. The zero-order valence-electron chi connectivity index (χ0n) is 8.49. The lowest BCUT2D eigenvalue weighted by Gasteiger charge is -2.15. The first-order valence-corrected chi connectivity index (χ1v) is 4.19. The quantitative estimate of drug-likeness (QED) is 0.361. The Morgan fingerprint density at radius 3 is 2.64 bits per heavy atom. The molecule has 1 N–H and O–H groups in total. The molecule has 0 amide bonds. The van der Waals surface area contributed by atoms with Gasteiger partial charge < -0.3 is 19.3 Å². The van der Waals surface area contributed by atoms with Crippen molar-refractivity contribution >= 4 is 5.97 Å². The van der Waals surface area contributed by atoms with Crippen molar-refractivity contribution in [2.45, 2.75) is 13.2 Å². The molecule has 0 aromatic heterocycles. The van der Waals surface area contributed by atoms with Crippen LogP contribution in [-0.2, 0) is 19.0 Å². The Morgan fingerprint density at radius 1 is 1.57 bits per heavy atom. The molecule has 0 aromatic carbocycles. The minimum absolute atomic E-state index is 0.0117. The highest BCUT2D eigenvalue weighted by Gasteiger charge is 2.11. The summed E-state index contributed by atoms with van der Waals surface area (Å²) in [5.41, 5.74) is 0.321. The van der Waals surface area contributed by atoms with Crippen LogP contribution in [0.15, 0.2) is 12.2 Å². The molecule has 82 valence electrons. The Bertz CT molecular complexity index is 190. The van der Waals surface area contributed by atoms with Crippen LogP contribution in [-0.4, -0.2) is 44.3 Å². The summed E-state index contributed by atoms with van der Waals surface area (Å²) in [5, 5.41) is 8.47. The third kappa shape index (κ3) is 5.69. The Balaban J connectivity index is 3.71. The monoisotopic (exact) mass is 204 g/mol. The maximum atomic E-state index is 11.0. The maximum Gasteiger partial charge on any atom is 0.333 e. The maximum absolute atomic E-state index is 11.0. The smallest absolute Gasteiger partial charge is 0.333 e. The van der Waals surface area contributed by atoms with E-state index < -0.39 is 12.3 Å². The Labute approximate surface area is 83.3 Å². The van der Waals surface area contributed by atoms with Gasteiger partial charge in [-0.3, -0.25) is 0 Å². The molecule has 0 fully saturated rings. The molecular weight excluding hydrogens is 188 g/mol. The van der Waals surface area contributed by atoms with E-state index in [1.807, 2.05) is 0 Å². The van der Waals surface area contributed by atoms with Crippen LogP contribution in [0.3, 0.4) is 0 Å². The van der Waals surface area contributed by atoms with Gasteiger partial charge in [-0.15, -0.1) is 0 Å². The van der Waals surface area contributed by atoms with E-state index in [4.69, 9.17) is 19.3 Å². The fourth-order valence-corrected chi connectivity index (χ4v) is 0.635. The average molecular weight is 204 g/mol. The summed E-state index contributed by atoms with van der Waals surface area (Å²) >= 11 is 0. The van der Waals surface area contributed by atoms with Crippen molar-refractivity contribution in [3.63, 3.8) is 0 Å². The zero-order valence-corrected chi connectivity index (χ0v) is 8.49. The molecule has 0 spiro atoms. The van der Waals surface area contributed by atoms with E-state index in [0.717, 1.165) is 0 Å². The zero-order chi connectivity index (χ0) is 11.0. The van der Waals surface area contributed by atoms with Crippen LogP contribution in [0, 0.1) is 0 Å². The number of hydrogen-bond donors (Lipinski definition) is 1. The van der Waals surface area contributed by atoms with Crippen molar-refractivity contribution in [1.82, 2.24) is 0 Å². The van der Waals surface area contributed by atoms with E-state index in [-0.39, 0.29) is 19.8 Å². The van der Waals surface area contributed by atoms with Gasteiger partial charge in [-0.2, -0.15) is 0 Å². The number of hydrogen-bond acceptors (Lipinski definition) is 5. The number of esters is 1. The number of aliphatic hydroxyl groups excluding tert-OH is 1. The Kier molecular flexibility index (Phi) is 7.00. The first-order chi connectivity index (χ1) is 6.61. The van der Waals surface area contributed by atoms with E-state index in [1.165, 1.54) is 7.11 Å². The number of aliphatic hydroxyl groups is 1. The van der Waals surface area contributed by atoms with Gasteiger partial charge in [-0.1, -0.05) is 6.58 Å². The predicted octanol–water partition coefficient (Wildman–Crippen LogP) is 0.0871. The van der Waals surface area contributed by atoms with Crippen LogP contribution >= 0.6 is 0 Å². The molecule has 0 bridgehead atoms. The van der Waals surface area contributed by atoms with Crippen molar-refractivity contribution in [2.75, 3.05) is 26.9 Å². The molecule has 0 aromatic rings. The highest BCUT2D eigenvalue weighted by Crippen LogP contribution is 1.98. The molecular formula is C9H16O5. The third-order valence-electron chi connectivity index (χ3n) is 1.36. The minimum atomic E-state index is -0.648. The molecule has 1 unspecified atom stereocenters. The van der Waals surface area contributed by atoms with Crippen LogP contribution in [0.5, 0.6) is 0 Å². The van der Waals surface area contributed by atoms with Crippen molar-refractivity contribution < 1.29 is 24.1 Å². The Hall–Kier alpha value is -0.910. The standard InChI is InChI=1S/C9H16O5/c1-7(2)9(11)14-6-8(12-3)13-5-4-10/h8,10H,1,4-6H2,2-3H3. The molecule has 0 heterocycles. The number of rotatable bonds is 7. The van der Waals surface area contributed by atoms with E-state index in [9.17, 15) is 4.79 Å². The fourth-order valence-electron chi connectivity index (χ4n) is 0.635. The summed E-state index contributed by atoms with van der Waals surface area (Å²) in [6.07, 6.45) is -0.648. The molecule has 0 radical (unpaired) electrons. The molecule has 5 heteroatoms. The second-order valence-corrected chi connectivity index (χ2v) is 2.64. The number of carbonyl (C=O) groups excluding carboxylic acids is 1. The van der Waals surface area contributed by atoms with Gasteiger partial charge in [0.2, 0.25) is 0 Å². The second-order valence-electron chi connectivity index (χ2n) is 2.64. The topological polar surface area (TPSA) is 65.0 Å². The second kappa shape index (κ2) is 7.49. The van der Waals surface area contributed by atoms with Crippen molar-refractivity contribution in [3.8, 4) is 0 Å². The van der Waals surface area contributed by atoms with Crippen LogP contribution in [0.4, 0.5) is 0 Å². The largest absolute Gasteiger partial charge is 0.457 e. The predicted molar refractivity (Wildman–Crippen MR) is 49.6 cm³/mol. The highest BCUT2D eigenvalue weighted by atomic mass is 16.7. The molecule has 0 rings (SSSR count).